The van der Waals surface area contributed by atoms with Gasteiger partial charge >= 0.3 is 11.9 Å². The Balaban J connectivity index is 1.55. The molecule has 3 heterocycles. The third-order valence-corrected chi connectivity index (χ3v) is 4.92. The van der Waals surface area contributed by atoms with Crippen molar-refractivity contribution in [2.45, 2.75) is 18.7 Å². The first-order valence-corrected chi connectivity index (χ1v) is 8.54. The summed E-state index contributed by atoms with van der Waals surface area (Å²) in [6.45, 7) is -0.109. The molecule has 1 aromatic rings. The first-order chi connectivity index (χ1) is 13.4. The average Bonchev–Trinajstić information content (AvgIpc) is 3.10. The van der Waals surface area contributed by atoms with E-state index in [4.69, 9.17) is 4.74 Å². The van der Waals surface area contributed by atoms with Gasteiger partial charge in [-0.1, -0.05) is 12.1 Å². The van der Waals surface area contributed by atoms with E-state index in [1.807, 2.05) is 0 Å². The molecule has 0 aromatic heterocycles. The van der Waals surface area contributed by atoms with Gasteiger partial charge in [0.1, 0.15) is 5.76 Å². The molecule has 4 rings (SSSR count). The Morgan fingerprint density at radius 2 is 1.89 bits per heavy atom. The van der Waals surface area contributed by atoms with Crippen LogP contribution in [0.15, 0.2) is 47.9 Å². The predicted octanol–water partition coefficient (Wildman–Crippen LogP) is 0.739. The summed E-state index contributed by atoms with van der Waals surface area (Å²) in [5.74, 6) is -2.48. The quantitative estimate of drug-likeness (QED) is 0.459. The fourth-order valence-electron chi connectivity index (χ4n) is 3.56. The number of rotatable bonds is 4. The van der Waals surface area contributed by atoms with Crippen LogP contribution in [0.5, 0.6) is 0 Å². The SMILES string of the molecule is COC(=O)/C=C1/C[C@H]2O/C(=C\CN3C(=O)c4ccccc4C3=O)[C@H](C(=O)O)N12. The second kappa shape index (κ2) is 6.52. The largest absolute Gasteiger partial charge is 0.479 e. The summed E-state index contributed by atoms with van der Waals surface area (Å²) in [6, 6.07) is 5.36. The third kappa shape index (κ3) is 2.63. The molecule has 9 heteroatoms. The zero-order valence-electron chi connectivity index (χ0n) is 14.8. The molecule has 1 N–H and O–H groups in total. The normalized spacial score (nSPS) is 25.5. The summed E-state index contributed by atoms with van der Waals surface area (Å²) in [6.07, 6.45) is 2.51. The third-order valence-electron chi connectivity index (χ3n) is 4.92. The van der Waals surface area contributed by atoms with Crippen molar-refractivity contribution in [3.05, 3.63) is 59.0 Å². The number of imide groups is 1. The molecule has 2 fully saturated rings. The summed E-state index contributed by atoms with van der Waals surface area (Å²) < 4.78 is 10.2. The van der Waals surface area contributed by atoms with E-state index in [0.29, 0.717) is 23.2 Å². The Bertz CT molecular complexity index is 930. The highest BCUT2D eigenvalue weighted by atomic mass is 16.5. The smallest absolute Gasteiger partial charge is 0.334 e. The van der Waals surface area contributed by atoms with E-state index in [2.05, 4.69) is 4.74 Å². The summed E-state index contributed by atoms with van der Waals surface area (Å²) in [4.78, 5) is 50.5. The Labute approximate surface area is 159 Å². The number of carbonyl (C=O) groups is 4. The lowest BCUT2D eigenvalue weighted by molar-refractivity contribution is -0.142. The number of methoxy groups -OCH3 is 1. The zero-order chi connectivity index (χ0) is 20.0. The number of aliphatic carboxylic acids is 1. The van der Waals surface area contributed by atoms with Gasteiger partial charge in [0.2, 0.25) is 0 Å². The number of carboxylic acids is 1. The summed E-state index contributed by atoms with van der Waals surface area (Å²) in [5.41, 5.74) is 1.13. The molecule has 9 nitrogen and oxygen atoms in total. The van der Waals surface area contributed by atoms with E-state index in [-0.39, 0.29) is 12.3 Å². The van der Waals surface area contributed by atoms with Gasteiger partial charge in [-0.3, -0.25) is 14.5 Å². The number of carboxylic acid groups (broad SMARTS) is 1. The molecule has 1 aromatic carbocycles. The van der Waals surface area contributed by atoms with Crippen molar-refractivity contribution in [3.63, 3.8) is 0 Å². The lowest BCUT2D eigenvalue weighted by atomic mass is 10.0. The molecule has 0 radical (unpaired) electrons. The number of ether oxygens (including phenoxy) is 2. The van der Waals surface area contributed by atoms with Crippen molar-refractivity contribution in [1.82, 2.24) is 9.80 Å². The van der Waals surface area contributed by atoms with E-state index < -0.39 is 36.0 Å². The van der Waals surface area contributed by atoms with Crippen LogP contribution in [0.4, 0.5) is 0 Å². The number of carbonyl (C=O) groups excluding carboxylic acids is 3. The van der Waals surface area contributed by atoms with Gasteiger partial charge in [0.25, 0.3) is 11.8 Å². The van der Waals surface area contributed by atoms with E-state index in [0.717, 1.165) is 4.90 Å². The van der Waals surface area contributed by atoms with Gasteiger partial charge in [-0.15, -0.1) is 0 Å². The number of benzene rings is 1. The van der Waals surface area contributed by atoms with Gasteiger partial charge in [-0.05, 0) is 18.2 Å². The molecule has 2 atom stereocenters. The molecular formula is C19H16N2O7. The van der Waals surface area contributed by atoms with Gasteiger partial charge < -0.3 is 19.5 Å². The molecule has 0 bridgehead atoms. The fourth-order valence-corrected chi connectivity index (χ4v) is 3.56. The van der Waals surface area contributed by atoms with Gasteiger partial charge in [-0.25, -0.2) is 9.59 Å². The van der Waals surface area contributed by atoms with Crippen LogP contribution in [0, 0.1) is 0 Å². The summed E-state index contributed by atoms with van der Waals surface area (Å²) in [5, 5.41) is 9.60. The van der Waals surface area contributed by atoms with Gasteiger partial charge in [0.05, 0.1) is 24.8 Å². The topological polar surface area (TPSA) is 113 Å². The van der Waals surface area contributed by atoms with Crippen LogP contribution < -0.4 is 0 Å². The van der Waals surface area contributed by atoms with Crippen LogP contribution in [0.1, 0.15) is 27.1 Å². The second-order valence-corrected chi connectivity index (χ2v) is 6.46. The summed E-state index contributed by atoms with van der Waals surface area (Å²) >= 11 is 0. The van der Waals surface area contributed by atoms with Crippen LogP contribution in [-0.2, 0) is 19.1 Å². The molecule has 0 aliphatic carbocycles. The van der Waals surface area contributed by atoms with Crippen LogP contribution in [-0.4, -0.2) is 64.6 Å². The Morgan fingerprint density at radius 3 is 2.46 bits per heavy atom. The van der Waals surface area contributed by atoms with Crippen LogP contribution >= 0.6 is 0 Å². The Morgan fingerprint density at radius 1 is 1.25 bits per heavy atom. The van der Waals surface area contributed by atoms with Gasteiger partial charge in [0, 0.05) is 18.2 Å². The number of esters is 1. The molecule has 3 aliphatic heterocycles. The van der Waals surface area contributed by atoms with Gasteiger partial charge in [-0.2, -0.15) is 0 Å². The highest BCUT2D eigenvalue weighted by Crippen LogP contribution is 2.42. The summed E-state index contributed by atoms with van der Waals surface area (Å²) in [7, 11) is 1.23. The standard InChI is InChI=1S/C19H16N2O7/c1-27-15(22)9-10-8-14-21(10)16(19(25)26)13(28-14)6-7-20-17(23)11-4-2-3-5-12(11)18(20)24/h2-6,9,14,16H,7-8H2,1H3,(H,25,26)/b10-9-,13-6-/t14-,16-/m1/s1. The van der Waals surface area contributed by atoms with E-state index >= 15 is 0 Å². The number of amides is 2. The predicted molar refractivity (Wildman–Crippen MR) is 92.7 cm³/mol. The zero-order valence-corrected chi connectivity index (χ0v) is 14.8. The van der Waals surface area contributed by atoms with E-state index in [9.17, 15) is 24.3 Å². The number of fused-ring (bicyclic) bond motifs is 2. The molecule has 144 valence electrons. The lowest BCUT2D eigenvalue weighted by Gasteiger charge is -2.38. The van der Waals surface area contributed by atoms with Crippen molar-refractivity contribution in [2.24, 2.45) is 0 Å². The Kier molecular flexibility index (Phi) is 4.14. The number of hydrogen-bond donors (Lipinski definition) is 1. The molecule has 3 aliphatic rings. The first-order valence-electron chi connectivity index (χ1n) is 8.54. The molecule has 2 amide bonds. The molecular weight excluding hydrogens is 368 g/mol. The van der Waals surface area contributed by atoms with E-state index in [1.165, 1.54) is 24.2 Å². The minimum atomic E-state index is -1.16. The second-order valence-electron chi connectivity index (χ2n) is 6.46. The maximum Gasteiger partial charge on any atom is 0.334 e. The van der Waals surface area contributed by atoms with Crippen LogP contribution in [0.25, 0.3) is 0 Å². The van der Waals surface area contributed by atoms with Crippen LogP contribution in [0.3, 0.4) is 0 Å². The van der Waals surface area contributed by atoms with Crippen molar-refractivity contribution in [3.8, 4) is 0 Å². The minimum Gasteiger partial charge on any atom is -0.479 e. The lowest BCUT2D eigenvalue weighted by Crippen LogP contribution is -2.49. The van der Waals surface area contributed by atoms with Crippen molar-refractivity contribution in [2.75, 3.05) is 13.7 Å². The van der Waals surface area contributed by atoms with Gasteiger partial charge in [0.15, 0.2) is 12.3 Å². The fraction of sp³-hybridized carbons (Fsp3) is 0.263. The van der Waals surface area contributed by atoms with E-state index in [1.54, 1.807) is 24.3 Å². The highest BCUT2D eigenvalue weighted by Gasteiger charge is 2.51. The first kappa shape index (κ1) is 17.8. The molecule has 28 heavy (non-hydrogen) atoms. The number of nitrogens with zero attached hydrogens (tertiary/aromatic N) is 2. The molecule has 2 saturated heterocycles. The maximum absolute atomic E-state index is 12.4. The monoisotopic (exact) mass is 384 g/mol. The molecule has 0 spiro atoms. The van der Waals surface area contributed by atoms with Crippen molar-refractivity contribution >= 4 is 23.8 Å². The highest BCUT2D eigenvalue weighted by molar-refractivity contribution is 6.21. The minimum absolute atomic E-state index is 0.109. The maximum atomic E-state index is 12.4. The van der Waals surface area contributed by atoms with Crippen molar-refractivity contribution in [1.29, 1.82) is 0 Å². The Hall–Kier alpha value is -3.62. The molecule has 0 unspecified atom stereocenters. The number of hydrogen-bond acceptors (Lipinski definition) is 7. The van der Waals surface area contributed by atoms with Crippen molar-refractivity contribution < 1.29 is 33.8 Å². The van der Waals surface area contributed by atoms with Crippen LogP contribution in [0.2, 0.25) is 0 Å². The average molecular weight is 384 g/mol. The molecule has 0 saturated carbocycles.